The summed E-state index contributed by atoms with van der Waals surface area (Å²) in [6, 6.07) is 5.59. The maximum Gasteiger partial charge on any atom is 0.146 e. The third-order valence-corrected chi connectivity index (χ3v) is 1.86. The Hall–Kier alpha value is -2.07. The molecule has 0 atom stereocenters. The molecule has 1 aromatic rings. The molecule has 0 aromatic carbocycles. The number of pyridine rings is 1. The highest BCUT2D eigenvalue weighted by molar-refractivity contribution is 5.57. The van der Waals surface area contributed by atoms with Gasteiger partial charge in [-0.2, -0.15) is 10.5 Å². The topological polar surface area (TPSA) is 63.7 Å². The predicted molar refractivity (Wildman–Crippen MR) is 52.7 cm³/mol. The number of aromatic nitrogens is 1. The van der Waals surface area contributed by atoms with Crippen molar-refractivity contribution in [3.05, 3.63) is 22.9 Å². The minimum absolute atomic E-state index is 0.428. The molecule has 0 spiro atoms. The van der Waals surface area contributed by atoms with Gasteiger partial charge in [0.1, 0.15) is 18.0 Å². The summed E-state index contributed by atoms with van der Waals surface area (Å²) in [6.45, 7) is 1.76. The van der Waals surface area contributed by atoms with E-state index in [1.54, 1.807) is 17.9 Å². The normalized spacial score (nSPS) is 8.93. The van der Waals surface area contributed by atoms with Crippen LogP contribution >= 0.6 is 0 Å². The average Bonchev–Trinajstić information content (AvgIpc) is 2.17. The van der Waals surface area contributed by atoms with Crippen molar-refractivity contribution in [1.82, 2.24) is 4.98 Å². The van der Waals surface area contributed by atoms with Crippen LogP contribution in [0.25, 0.3) is 0 Å². The minimum atomic E-state index is 0.428. The summed E-state index contributed by atoms with van der Waals surface area (Å²) in [7, 11) is 3.63. The van der Waals surface area contributed by atoms with Crippen molar-refractivity contribution in [2.24, 2.45) is 0 Å². The lowest BCUT2D eigenvalue weighted by molar-refractivity contribution is 1.03. The Morgan fingerprint density at radius 1 is 1.21 bits per heavy atom. The fourth-order valence-corrected chi connectivity index (χ4v) is 1.13. The molecule has 0 unspecified atom stereocenters. The summed E-state index contributed by atoms with van der Waals surface area (Å²) in [5, 5.41) is 17.6. The molecular weight excluding hydrogens is 176 g/mol. The predicted octanol–water partition coefficient (Wildman–Crippen LogP) is 1.20. The lowest BCUT2D eigenvalue weighted by atomic mass is 10.1. The molecular formula is C10H10N4. The van der Waals surface area contributed by atoms with E-state index in [1.807, 2.05) is 26.2 Å². The molecule has 0 N–H and O–H groups in total. The summed E-state index contributed by atoms with van der Waals surface area (Å²) in [5.41, 5.74) is 1.53. The smallest absolute Gasteiger partial charge is 0.146 e. The second-order valence-electron chi connectivity index (χ2n) is 3.11. The Morgan fingerprint density at radius 3 is 2.21 bits per heavy atom. The molecule has 0 saturated heterocycles. The molecule has 4 heteroatoms. The van der Waals surface area contributed by atoms with Crippen LogP contribution in [0, 0.1) is 29.6 Å². The fourth-order valence-electron chi connectivity index (χ4n) is 1.13. The van der Waals surface area contributed by atoms with E-state index in [9.17, 15) is 0 Å². The van der Waals surface area contributed by atoms with Crippen LogP contribution < -0.4 is 4.90 Å². The molecule has 0 aliphatic rings. The maximum atomic E-state index is 8.85. The van der Waals surface area contributed by atoms with E-state index in [2.05, 4.69) is 4.98 Å². The van der Waals surface area contributed by atoms with Gasteiger partial charge in [0.25, 0.3) is 0 Å². The first-order valence-electron chi connectivity index (χ1n) is 4.09. The highest BCUT2D eigenvalue weighted by Crippen LogP contribution is 2.18. The number of hydrogen-bond donors (Lipinski definition) is 0. The molecule has 0 radical (unpaired) electrons. The van der Waals surface area contributed by atoms with Gasteiger partial charge in [-0.15, -0.1) is 0 Å². The van der Waals surface area contributed by atoms with Gasteiger partial charge in [-0.1, -0.05) is 0 Å². The third kappa shape index (κ3) is 1.65. The van der Waals surface area contributed by atoms with Gasteiger partial charge in [0, 0.05) is 14.1 Å². The molecule has 14 heavy (non-hydrogen) atoms. The van der Waals surface area contributed by atoms with Crippen molar-refractivity contribution in [2.45, 2.75) is 6.92 Å². The Kier molecular flexibility index (Phi) is 2.69. The van der Waals surface area contributed by atoms with Gasteiger partial charge < -0.3 is 4.90 Å². The van der Waals surface area contributed by atoms with Crippen molar-refractivity contribution in [3.8, 4) is 12.1 Å². The van der Waals surface area contributed by atoms with Gasteiger partial charge >= 0.3 is 0 Å². The maximum absolute atomic E-state index is 8.85. The van der Waals surface area contributed by atoms with E-state index in [4.69, 9.17) is 10.5 Å². The van der Waals surface area contributed by atoms with Gasteiger partial charge in [0.2, 0.25) is 0 Å². The highest BCUT2D eigenvalue weighted by atomic mass is 15.1. The first-order chi connectivity index (χ1) is 6.60. The first kappa shape index (κ1) is 10.0. The van der Waals surface area contributed by atoms with E-state index >= 15 is 0 Å². The van der Waals surface area contributed by atoms with Crippen molar-refractivity contribution in [2.75, 3.05) is 19.0 Å². The zero-order valence-electron chi connectivity index (χ0n) is 8.37. The lowest BCUT2D eigenvalue weighted by Gasteiger charge is -2.13. The van der Waals surface area contributed by atoms with Crippen molar-refractivity contribution in [1.29, 1.82) is 10.5 Å². The third-order valence-electron chi connectivity index (χ3n) is 1.86. The fraction of sp³-hybridized carbons (Fsp3) is 0.300. The monoisotopic (exact) mass is 186 g/mol. The molecule has 0 aliphatic carbocycles. The second kappa shape index (κ2) is 3.76. The molecule has 0 fully saturated rings. The van der Waals surface area contributed by atoms with E-state index in [0.717, 1.165) is 0 Å². The molecule has 4 nitrogen and oxygen atoms in total. The van der Waals surface area contributed by atoms with Crippen LogP contribution in [-0.2, 0) is 0 Å². The van der Waals surface area contributed by atoms with Gasteiger partial charge in [-0.25, -0.2) is 4.98 Å². The quantitative estimate of drug-likeness (QED) is 0.661. The van der Waals surface area contributed by atoms with Crippen LogP contribution in [0.4, 0.5) is 5.82 Å². The van der Waals surface area contributed by atoms with Crippen LogP contribution in [0.3, 0.4) is 0 Å². The summed E-state index contributed by atoms with van der Waals surface area (Å²) in [6.07, 6.45) is 0. The van der Waals surface area contributed by atoms with Crippen LogP contribution in [0.5, 0.6) is 0 Å². The van der Waals surface area contributed by atoms with Gasteiger partial charge in [-0.05, 0) is 13.0 Å². The van der Waals surface area contributed by atoms with Gasteiger partial charge in [0.05, 0.1) is 16.8 Å². The molecule has 0 saturated carbocycles. The molecule has 0 amide bonds. The zero-order valence-corrected chi connectivity index (χ0v) is 8.37. The summed E-state index contributed by atoms with van der Waals surface area (Å²) in [4.78, 5) is 5.95. The van der Waals surface area contributed by atoms with Gasteiger partial charge in [0.15, 0.2) is 0 Å². The number of hydrogen-bond acceptors (Lipinski definition) is 4. The number of nitriles is 2. The second-order valence-corrected chi connectivity index (χ2v) is 3.11. The molecule has 1 heterocycles. The molecule has 0 aliphatic heterocycles. The summed E-state index contributed by atoms with van der Waals surface area (Å²) in [5.74, 6) is 0.601. The lowest BCUT2D eigenvalue weighted by Crippen LogP contribution is -2.13. The van der Waals surface area contributed by atoms with Gasteiger partial charge in [-0.3, -0.25) is 0 Å². The van der Waals surface area contributed by atoms with Crippen LogP contribution in [0.15, 0.2) is 6.07 Å². The number of nitrogens with zero attached hydrogens (tertiary/aromatic N) is 4. The number of aryl methyl sites for hydroxylation is 1. The Balaban J connectivity index is 3.43. The van der Waals surface area contributed by atoms with E-state index < -0.39 is 0 Å². The molecule has 0 bridgehead atoms. The Morgan fingerprint density at radius 2 is 1.79 bits per heavy atom. The Bertz CT molecular complexity index is 435. The molecule has 1 rings (SSSR count). The summed E-state index contributed by atoms with van der Waals surface area (Å²) < 4.78 is 0. The SMILES string of the molecule is Cc1nc(N(C)C)c(C#N)cc1C#N. The molecule has 70 valence electrons. The largest absolute Gasteiger partial charge is 0.362 e. The summed E-state index contributed by atoms with van der Waals surface area (Å²) >= 11 is 0. The van der Waals surface area contributed by atoms with Crippen LogP contribution in [0.2, 0.25) is 0 Å². The number of anilines is 1. The Labute approximate surface area is 83.0 Å². The number of rotatable bonds is 1. The standard InChI is InChI=1S/C10H10N4/c1-7-8(5-11)4-9(6-12)10(13-7)14(2)3/h4H,1-3H3. The van der Waals surface area contributed by atoms with Crippen molar-refractivity contribution < 1.29 is 0 Å². The van der Waals surface area contributed by atoms with Crippen molar-refractivity contribution in [3.63, 3.8) is 0 Å². The zero-order chi connectivity index (χ0) is 10.7. The van der Waals surface area contributed by atoms with Crippen molar-refractivity contribution >= 4 is 5.82 Å². The minimum Gasteiger partial charge on any atom is -0.362 e. The van der Waals surface area contributed by atoms with Crippen LogP contribution in [-0.4, -0.2) is 19.1 Å². The van der Waals surface area contributed by atoms with E-state index in [-0.39, 0.29) is 0 Å². The van der Waals surface area contributed by atoms with E-state index in [0.29, 0.717) is 22.6 Å². The van der Waals surface area contributed by atoms with E-state index in [1.165, 1.54) is 0 Å². The van der Waals surface area contributed by atoms with Crippen LogP contribution in [0.1, 0.15) is 16.8 Å². The molecule has 1 aromatic heterocycles. The highest BCUT2D eigenvalue weighted by Gasteiger charge is 2.09. The first-order valence-corrected chi connectivity index (χ1v) is 4.09. The average molecular weight is 186 g/mol.